The SMILES string of the molecule is Nc1ncc([N+](=O)[O-])c(NC2Cc3ccccc3C2)n1. The van der Waals surface area contributed by atoms with Gasteiger partial charge in [-0.3, -0.25) is 10.1 Å². The predicted octanol–water partition coefficient (Wildman–Crippen LogP) is 1.55. The van der Waals surface area contributed by atoms with Gasteiger partial charge in [0, 0.05) is 6.04 Å². The summed E-state index contributed by atoms with van der Waals surface area (Å²) in [5.74, 6) is 0.203. The van der Waals surface area contributed by atoms with Crippen LogP contribution in [0.2, 0.25) is 0 Å². The third-order valence-corrected chi connectivity index (χ3v) is 3.38. The van der Waals surface area contributed by atoms with Gasteiger partial charge in [0.2, 0.25) is 11.8 Å². The molecular formula is C13H13N5O2. The third kappa shape index (κ3) is 2.25. The largest absolute Gasteiger partial charge is 0.368 e. The fourth-order valence-corrected chi connectivity index (χ4v) is 2.48. The fraction of sp³-hybridized carbons (Fsp3) is 0.231. The minimum Gasteiger partial charge on any atom is -0.368 e. The topological polar surface area (TPSA) is 107 Å². The maximum absolute atomic E-state index is 11.0. The van der Waals surface area contributed by atoms with Crippen LogP contribution in [0.3, 0.4) is 0 Å². The number of nitrogens with two attached hydrogens (primary N) is 1. The monoisotopic (exact) mass is 271 g/mol. The molecule has 0 aliphatic heterocycles. The van der Waals surface area contributed by atoms with Crippen LogP contribution in [-0.2, 0) is 12.8 Å². The van der Waals surface area contributed by atoms with Crippen molar-refractivity contribution in [2.75, 3.05) is 11.1 Å². The summed E-state index contributed by atoms with van der Waals surface area (Å²) in [7, 11) is 0. The third-order valence-electron chi connectivity index (χ3n) is 3.38. The summed E-state index contributed by atoms with van der Waals surface area (Å²) in [6.07, 6.45) is 2.77. The molecule has 0 unspecified atom stereocenters. The highest BCUT2D eigenvalue weighted by Crippen LogP contribution is 2.27. The molecule has 1 aliphatic rings. The van der Waals surface area contributed by atoms with E-state index in [2.05, 4.69) is 27.4 Å². The summed E-state index contributed by atoms with van der Waals surface area (Å²) in [5.41, 5.74) is 7.86. The summed E-state index contributed by atoms with van der Waals surface area (Å²) in [4.78, 5) is 18.1. The molecule has 7 nitrogen and oxygen atoms in total. The van der Waals surface area contributed by atoms with E-state index in [9.17, 15) is 10.1 Å². The number of aromatic nitrogens is 2. The first-order valence-electron chi connectivity index (χ1n) is 6.23. The molecule has 0 bridgehead atoms. The van der Waals surface area contributed by atoms with Crippen molar-refractivity contribution in [3.05, 3.63) is 51.7 Å². The Balaban J connectivity index is 1.83. The lowest BCUT2D eigenvalue weighted by Gasteiger charge is -2.12. The van der Waals surface area contributed by atoms with Crippen molar-refractivity contribution in [2.24, 2.45) is 0 Å². The van der Waals surface area contributed by atoms with E-state index in [-0.39, 0.29) is 23.5 Å². The zero-order valence-electron chi connectivity index (χ0n) is 10.6. The standard InChI is InChI=1S/C13H13N5O2/c14-13-15-7-11(18(19)20)12(17-13)16-10-5-8-3-1-2-4-9(8)6-10/h1-4,7,10H,5-6H2,(H3,14,15,16,17). The van der Waals surface area contributed by atoms with Gasteiger partial charge in [-0.15, -0.1) is 0 Å². The number of benzene rings is 1. The highest BCUT2D eigenvalue weighted by Gasteiger charge is 2.25. The number of anilines is 2. The number of hydrogen-bond donors (Lipinski definition) is 2. The molecule has 1 aliphatic carbocycles. The average Bonchev–Trinajstić information content (AvgIpc) is 2.80. The molecule has 0 atom stereocenters. The maximum atomic E-state index is 11.0. The molecule has 3 rings (SSSR count). The molecule has 7 heteroatoms. The Morgan fingerprint density at radius 3 is 2.55 bits per heavy atom. The van der Waals surface area contributed by atoms with Gasteiger partial charge in [0.15, 0.2) is 0 Å². The van der Waals surface area contributed by atoms with Gasteiger partial charge in [-0.05, 0) is 24.0 Å². The van der Waals surface area contributed by atoms with E-state index in [1.165, 1.54) is 11.1 Å². The van der Waals surface area contributed by atoms with Gasteiger partial charge in [-0.25, -0.2) is 4.98 Å². The summed E-state index contributed by atoms with van der Waals surface area (Å²) in [6, 6.07) is 8.21. The first-order valence-corrected chi connectivity index (χ1v) is 6.23. The van der Waals surface area contributed by atoms with Gasteiger partial charge in [0.25, 0.3) is 0 Å². The first-order chi connectivity index (χ1) is 9.63. The van der Waals surface area contributed by atoms with Crippen molar-refractivity contribution in [2.45, 2.75) is 18.9 Å². The number of hydrogen-bond acceptors (Lipinski definition) is 6. The quantitative estimate of drug-likeness (QED) is 0.647. The van der Waals surface area contributed by atoms with E-state index in [1.54, 1.807) is 0 Å². The number of nitro groups is 1. The van der Waals surface area contributed by atoms with E-state index in [0.717, 1.165) is 19.0 Å². The zero-order chi connectivity index (χ0) is 14.1. The second-order valence-corrected chi connectivity index (χ2v) is 4.74. The average molecular weight is 271 g/mol. The number of nitrogens with one attached hydrogen (secondary N) is 1. The lowest BCUT2D eigenvalue weighted by Crippen LogP contribution is -2.21. The normalized spacial score (nSPS) is 14.0. The lowest BCUT2D eigenvalue weighted by atomic mass is 10.1. The predicted molar refractivity (Wildman–Crippen MR) is 74.4 cm³/mol. The Morgan fingerprint density at radius 1 is 1.30 bits per heavy atom. The number of nitrogens with zero attached hydrogens (tertiary/aromatic N) is 3. The molecule has 20 heavy (non-hydrogen) atoms. The highest BCUT2D eigenvalue weighted by atomic mass is 16.6. The number of nitrogen functional groups attached to an aromatic ring is 1. The van der Waals surface area contributed by atoms with Gasteiger partial charge in [0.05, 0.1) is 4.92 Å². The Morgan fingerprint density at radius 2 is 1.95 bits per heavy atom. The Hall–Kier alpha value is -2.70. The Labute approximate surface area is 115 Å². The van der Waals surface area contributed by atoms with Gasteiger partial charge in [-0.2, -0.15) is 4.98 Å². The summed E-state index contributed by atoms with van der Waals surface area (Å²) in [6.45, 7) is 0. The minimum atomic E-state index is -0.510. The van der Waals surface area contributed by atoms with E-state index >= 15 is 0 Å². The van der Waals surface area contributed by atoms with Crippen molar-refractivity contribution in [1.29, 1.82) is 0 Å². The van der Waals surface area contributed by atoms with Crippen molar-refractivity contribution in [3.8, 4) is 0 Å². The Kier molecular flexibility index (Phi) is 2.94. The van der Waals surface area contributed by atoms with Crippen molar-refractivity contribution in [3.63, 3.8) is 0 Å². The van der Waals surface area contributed by atoms with Gasteiger partial charge in [0.1, 0.15) is 6.20 Å². The van der Waals surface area contributed by atoms with Crippen LogP contribution in [0, 0.1) is 10.1 Å². The van der Waals surface area contributed by atoms with Crippen molar-refractivity contribution < 1.29 is 4.92 Å². The van der Waals surface area contributed by atoms with Crippen LogP contribution in [0.25, 0.3) is 0 Å². The van der Waals surface area contributed by atoms with Crippen molar-refractivity contribution in [1.82, 2.24) is 9.97 Å². The molecule has 2 aromatic rings. The van der Waals surface area contributed by atoms with E-state index in [0.29, 0.717) is 0 Å². The van der Waals surface area contributed by atoms with E-state index in [4.69, 9.17) is 5.73 Å². The molecule has 1 aromatic heterocycles. The van der Waals surface area contributed by atoms with Crippen LogP contribution in [0.4, 0.5) is 17.5 Å². The van der Waals surface area contributed by atoms with E-state index < -0.39 is 4.92 Å². The Bertz CT molecular complexity index is 649. The van der Waals surface area contributed by atoms with E-state index in [1.807, 2.05) is 12.1 Å². The highest BCUT2D eigenvalue weighted by molar-refractivity contribution is 5.57. The molecule has 0 saturated heterocycles. The van der Waals surface area contributed by atoms with Crippen LogP contribution in [0.15, 0.2) is 30.5 Å². The van der Waals surface area contributed by atoms with Crippen LogP contribution < -0.4 is 11.1 Å². The molecule has 3 N–H and O–H groups in total. The molecule has 0 radical (unpaired) electrons. The second-order valence-electron chi connectivity index (χ2n) is 4.74. The number of fused-ring (bicyclic) bond motifs is 1. The molecular weight excluding hydrogens is 258 g/mol. The molecule has 1 aromatic carbocycles. The molecule has 102 valence electrons. The summed E-state index contributed by atoms with van der Waals surface area (Å²) < 4.78 is 0. The number of rotatable bonds is 3. The smallest absolute Gasteiger partial charge is 0.329 e. The summed E-state index contributed by atoms with van der Waals surface area (Å²) in [5, 5.41) is 14.1. The molecule has 0 amide bonds. The molecule has 0 spiro atoms. The van der Waals surface area contributed by atoms with Crippen molar-refractivity contribution >= 4 is 17.5 Å². The van der Waals surface area contributed by atoms with Gasteiger partial charge in [-0.1, -0.05) is 24.3 Å². The van der Waals surface area contributed by atoms with Crippen LogP contribution in [0.5, 0.6) is 0 Å². The lowest BCUT2D eigenvalue weighted by molar-refractivity contribution is -0.384. The maximum Gasteiger partial charge on any atom is 0.329 e. The molecule has 0 fully saturated rings. The van der Waals surface area contributed by atoms with Crippen LogP contribution >= 0.6 is 0 Å². The van der Waals surface area contributed by atoms with Crippen LogP contribution in [0.1, 0.15) is 11.1 Å². The first kappa shape index (κ1) is 12.3. The molecule has 1 heterocycles. The fourth-order valence-electron chi connectivity index (χ4n) is 2.48. The minimum absolute atomic E-state index is 0.0219. The van der Waals surface area contributed by atoms with Gasteiger partial charge < -0.3 is 11.1 Å². The zero-order valence-corrected chi connectivity index (χ0v) is 10.6. The second kappa shape index (κ2) is 4.76. The van der Waals surface area contributed by atoms with Gasteiger partial charge >= 0.3 is 5.69 Å². The van der Waals surface area contributed by atoms with Crippen LogP contribution in [-0.4, -0.2) is 20.9 Å². The molecule has 0 saturated carbocycles. The summed E-state index contributed by atoms with van der Waals surface area (Å²) >= 11 is 0.